The number of nitrogens with one attached hydrogen (secondary N) is 2. The quantitative estimate of drug-likeness (QED) is 0.405. The van der Waals surface area contributed by atoms with Crippen molar-refractivity contribution in [1.29, 1.82) is 0 Å². The lowest BCUT2D eigenvalue weighted by molar-refractivity contribution is -0.150. The van der Waals surface area contributed by atoms with E-state index in [-0.39, 0.29) is 0 Å². The van der Waals surface area contributed by atoms with E-state index < -0.39 is 30.4 Å². The van der Waals surface area contributed by atoms with Crippen LogP contribution in [0.15, 0.2) is 48.5 Å². The molecule has 2 amide bonds. The highest BCUT2D eigenvalue weighted by molar-refractivity contribution is 5.94. The van der Waals surface area contributed by atoms with Crippen LogP contribution in [0.1, 0.15) is 18.1 Å². The molecule has 2 aromatic rings. The Labute approximate surface area is 198 Å². The van der Waals surface area contributed by atoms with Crippen LogP contribution in [0.2, 0.25) is 0 Å². The fourth-order valence-electron chi connectivity index (χ4n) is 3.11. The molecule has 0 saturated heterocycles. The van der Waals surface area contributed by atoms with Gasteiger partial charge in [-0.15, -0.1) is 0 Å². The van der Waals surface area contributed by atoms with Gasteiger partial charge in [-0.1, -0.05) is 18.2 Å². The summed E-state index contributed by atoms with van der Waals surface area (Å²) in [5.74, 6) is 0.536. The third-order valence-electron chi connectivity index (χ3n) is 4.94. The van der Waals surface area contributed by atoms with Gasteiger partial charge in [-0.25, -0.2) is 4.79 Å². The van der Waals surface area contributed by atoms with Crippen LogP contribution in [0.5, 0.6) is 17.2 Å². The Morgan fingerprint density at radius 2 is 1.79 bits per heavy atom. The third-order valence-corrected chi connectivity index (χ3v) is 4.94. The van der Waals surface area contributed by atoms with Crippen molar-refractivity contribution in [2.24, 2.45) is 0 Å². The number of fused-ring (bicyclic) bond motifs is 1. The predicted octanol–water partition coefficient (Wildman–Crippen LogP) is 1.89. The monoisotopic (exact) mass is 468 g/mol. The van der Waals surface area contributed by atoms with Gasteiger partial charge in [0.05, 0.1) is 7.11 Å². The molecule has 1 aliphatic heterocycles. The van der Waals surface area contributed by atoms with E-state index in [2.05, 4.69) is 10.6 Å². The van der Waals surface area contributed by atoms with E-state index in [4.69, 9.17) is 18.9 Å². The van der Waals surface area contributed by atoms with Gasteiger partial charge in [0, 0.05) is 12.6 Å². The number of ether oxygens (including phenoxy) is 4. The number of esters is 1. The van der Waals surface area contributed by atoms with Gasteiger partial charge < -0.3 is 29.6 Å². The Kier molecular flexibility index (Phi) is 8.90. The molecular formula is C25H28N2O7. The molecule has 0 radical (unpaired) electrons. The molecule has 34 heavy (non-hydrogen) atoms. The number of amides is 2. The molecule has 3 rings (SSSR count). The Hall–Kier alpha value is -4.01. The number of carbonyl (C=O) groups is 3. The number of benzene rings is 2. The first-order chi connectivity index (χ1) is 16.4. The minimum absolute atomic E-state index is 0.373. The van der Waals surface area contributed by atoms with Gasteiger partial charge in [0.2, 0.25) is 5.91 Å². The highest BCUT2D eigenvalue weighted by atomic mass is 16.6. The van der Waals surface area contributed by atoms with Crippen LogP contribution in [0.3, 0.4) is 0 Å². The topological polar surface area (TPSA) is 112 Å². The highest BCUT2D eigenvalue weighted by Gasteiger charge is 2.17. The fraction of sp³-hybridized carbons (Fsp3) is 0.320. The summed E-state index contributed by atoms with van der Waals surface area (Å²) in [7, 11) is 1.57. The second kappa shape index (κ2) is 12.3. The van der Waals surface area contributed by atoms with Crippen molar-refractivity contribution < 1.29 is 33.3 Å². The molecule has 9 heteroatoms. The summed E-state index contributed by atoms with van der Waals surface area (Å²) < 4.78 is 21.1. The molecule has 0 aromatic heterocycles. The Bertz CT molecular complexity index is 1030. The molecule has 2 aromatic carbocycles. The largest absolute Gasteiger partial charge is 0.497 e. The standard InChI is InChI=1S/C25H28N2O7/c1-17(27-23(28)10-6-18-3-7-20(31-2)8-4-18)25(30)34-16-24(29)26-12-11-19-5-9-21-22(15-19)33-14-13-32-21/h3-10,15,17H,11-14,16H2,1-2H3,(H,26,29)(H,27,28). The Balaban J connectivity index is 1.34. The van der Waals surface area contributed by atoms with E-state index in [0.29, 0.717) is 43.4 Å². The van der Waals surface area contributed by atoms with Crippen molar-refractivity contribution in [2.75, 3.05) is 33.5 Å². The number of rotatable bonds is 10. The molecule has 0 aliphatic carbocycles. The average Bonchev–Trinajstić information content (AvgIpc) is 2.86. The van der Waals surface area contributed by atoms with Crippen molar-refractivity contribution in [1.82, 2.24) is 10.6 Å². The number of hydrogen-bond acceptors (Lipinski definition) is 7. The number of hydrogen-bond donors (Lipinski definition) is 2. The van der Waals surface area contributed by atoms with Crippen LogP contribution < -0.4 is 24.8 Å². The molecular weight excluding hydrogens is 440 g/mol. The molecule has 2 N–H and O–H groups in total. The molecule has 0 fully saturated rings. The van der Waals surface area contributed by atoms with Gasteiger partial charge in [-0.3, -0.25) is 9.59 Å². The summed E-state index contributed by atoms with van der Waals surface area (Å²) in [6.45, 7) is 2.47. The number of methoxy groups -OCH3 is 1. The van der Waals surface area contributed by atoms with Crippen molar-refractivity contribution in [3.63, 3.8) is 0 Å². The van der Waals surface area contributed by atoms with E-state index in [9.17, 15) is 14.4 Å². The van der Waals surface area contributed by atoms with Crippen molar-refractivity contribution in [2.45, 2.75) is 19.4 Å². The summed E-state index contributed by atoms with van der Waals surface area (Å²) in [6, 6.07) is 11.9. The first-order valence-corrected chi connectivity index (χ1v) is 10.9. The third kappa shape index (κ3) is 7.54. The Morgan fingerprint density at radius 1 is 1.06 bits per heavy atom. The van der Waals surface area contributed by atoms with Crippen LogP contribution in [0.25, 0.3) is 6.08 Å². The lowest BCUT2D eigenvalue weighted by Gasteiger charge is -2.18. The zero-order valence-corrected chi connectivity index (χ0v) is 19.2. The van der Waals surface area contributed by atoms with Crippen LogP contribution in [-0.2, 0) is 25.5 Å². The van der Waals surface area contributed by atoms with E-state index in [1.54, 1.807) is 37.5 Å². The van der Waals surface area contributed by atoms with Crippen molar-refractivity contribution in [3.05, 3.63) is 59.7 Å². The maximum atomic E-state index is 12.1. The maximum absolute atomic E-state index is 12.1. The number of carbonyl (C=O) groups excluding carboxylic acids is 3. The molecule has 0 saturated carbocycles. The summed E-state index contributed by atoms with van der Waals surface area (Å²) in [6.07, 6.45) is 3.52. The van der Waals surface area contributed by atoms with Gasteiger partial charge in [0.25, 0.3) is 5.91 Å². The first kappa shape index (κ1) is 24.6. The van der Waals surface area contributed by atoms with Gasteiger partial charge in [-0.2, -0.15) is 0 Å². The summed E-state index contributed by atoms with van der Waals surface area (Å²) in [5.41, 5.74) is 1.79. The van der Waals surface area contributed by atoms with Crippen LogP contribution in [0, 0.1) is 0 Å². The molecule has 1 heterocycles. The van der Waals surface area contributed by atoms with E-state index >= 15 is 0 Å². The second-order valence-electron chi connectivity index (χ2n) is 7.52. The minimum atomic E-state index is -0.904. The van der Waals surface area contributed by atoms with E-state index in [1.165, 1.54) is 13.0 Å². The second-order valence-corrected chi connectivity index (χ2v) is 7.52. The molecule has 180 valence electrons. The zero-order chi connectivity index (χ0) is 24.3. The van der Waals surface area contributed by atoms with Gasteiger partial charge >= 0.3 is 5.97 Å². The molecule has 1 atom stereocenters. The van der Waals surface area contributed by atoms with E-state index in [1.807, 2.05) is 18.2 Å². The summed E-state index contributed by atoms with van der Waals surface area (Å²) >= 11 is 0. The fourth-order valence-corrected chi connectivity index (χ4v) is 3.11. The van der Waals surface area contributed by atoms with Crippen molar-refractivity contribution >= 4 is 23.9 Å². The SMILES string of the molecule is COc1ccc(C=CC(=O)NC(C)C(=O)OCC(=O)NCCc2ccc3c(c2)OCCO3)cc1. The lowest BCUT2D eigenvalue weighted by Crippen LogP contribution is -2.40. The molecule has 9 nitrogen and oxygen atoms in total. The van der Waals surface area contributed by atoms with Crippen LogP contribution in [0.4, 0.5) is 0 Å². The first-order valence-electron chi connectivity index (χ1n) is 10.9. The van der Waals surface area contributed by atoms with Gasteiger partial charge in [0.1, 0.15) is 25.0 Å². The zero-order valence-electron chi connectivity index (χ0n) is 19.2. The highest BCUT2D eigenvalue weighted by Crippen LogP contribution is 2.30. The van der Waals surface area contributed by atoms with Crippen molar-refractivity contribution in [3.8, 4) is 17.2 Å². The molecule has 0 spiro atoms. The summed E-state index contributed by atoms with van der Waals surface area (Å²) in [5, 5.41) is 5.20. The maximum Gasteiger partial charge on any atom is 0.328 e. The molecule has 0 bridgehead atoms. The van der Waals surface area contributed by atoms with Crippen LogP contribution >= 0.6 is 0 Å². The lowest BCUT2D eigenvalue weighted by atomic mass is 10.1. The van der Waals surface area contributed by atoms with E-state index in [0.717, 1.165) is 11.1 Å². The minimum Gasteiger partial charge on any atom is -0.497 e. The predicted molar refractivity (Wildman–Crippen MR) is 125 cm³/mol. The Morgan fingerprint density at radius 3 is 2.53 bits per heavy atom. The average molecular weight is 469 g/mol. The van der Waals surface area contributed by atoms with Gasteiger partial charge in [-0.05, 0) is 54.8 Å². The molecule has 1 aliphatic rings. The van der Waals surface area contributed by atoms with Gasteiger partial charge in [0.15, 0.2) is 18.1 Å². The smallest absolute Gasteiger partial charge is 0.328 e. The molecule has 1 unspecified atom stereocenters. The summed E-state index contributed by atoms with van der Waals surface area (Å²) in [4.78, 5) is 36.1. The van der Waals surface area contributed by atoms with Crippen LogP contribution in [-0.4, -0.2) is 57.3 Å². The normalized spacial score (nSPS) is 13.1.